The lowest BCUT2D eigenvalue weighted by atomic mass is 10.2. The van der Waals surface area contributed by atoms with Crippen molar-refractivity contribution < 1.29 is 14.1 Å². The molecule has 8 nitrogen and oxygen atoms in total. The van der Waals surface area contributed by atoms with E-state index in [2.05, 4.69) is 20.8 Å². The van der Waals surface area contributed by atoms with Crippen molar-refractivity contribution in [2.45, 2.75) is 32.7 Å². The Kier molecular flexibility index (Phi) is 5.26. The predicted octanol–water partition coefficient (Wildman–Crippen LogP) is 0.0923. The van der Waals surface area contributed by atoms with E-state index in [-0.39, 0.29) is 24.3 Å². The molecule has 2 amide bonds. The molecule has 1 atom stereocenters. The average molecular weight is 295 g/mol. The first-order valence-corrected chi connectivity index (χ1v) is 7.28. The number of aromatic nitrogens is 2. The largest absolute Gasteiger partial charge is 0.342 e. The molecule has 0 radical (unpaired) electrons. The normalized spacial score (nSPS) is 17.7. The molecule has 1 aromatic heterocycles. The van der Waals surface area contributed by atoms with Crippen LogP contribution in [0.3, 0.4) is 0 Å². The molecule has 1 saturated heterocycles. The van der Waals surface area contributed by atoms with Crippen molar-refractivity contribution >= 4 is 11.8 Å². The standard InChI is InChI=1S/C13H21N5O3/c1-3-18(4-2)10(19)8-15-12(20)11-16-13(21-17-11)9-6-5-7-14-9/h9,14H,3-8H2,1-2H3,(H,15,20). The summed E-state index contributed by atoms with van der Waals surface area (Å²) in [5, 5.41) is 9.39. The third-order valence-corrected chi connectivity index (χ3v) is 3.52. The van der Waals surface area contributed by atoms with E-state index in [1.807, 2.05) is 13.8 Å². The third kappa shape index (κ3) is 3.78. The molecular formula is C13H21N5O3. The number of carbonyl (C=O) groups excluding carboxylic acids is 2. The van der Waals surface area contributed by atoms with Gasteiger partial charge in [0.15, 0.2) is 0 Å². The molecule has 1 unspecified atom stereocenters. The Balaban J connectivity index is 1.87. The van der Waals surface area contributed by atoms with E-state index in [0.29, 0.717) is 19.0 Å². The van der Waals surface area contributed by atoms with Gasteiger partial charge in [0.2, 0.25) is 11.8 Å². The van der Waals surface area contributed by atoms with Crippen LogP contribution in [0.1, 0.15) is 49.2 Å². The summed E-state index contributed by atoms with van der Waals surface area (Å²) >= 11 is 0. The number of hydrogen-bond donors (Lipinski definition) is 2. The highest BCUT2D eigenvalue weighted by Gasteiger charge is 2.24. The van der Waals surface area contributed by atoms with Crippen molar-refractivity contribution in [1.82, 2.24) is 25.7 Å². The molecule has 0 aromatic carbocycles. The first-order chi connectivity index (χ1) is 10.2. The Hall–Kier alpha value is -1.96. The van der Waals surface area contributed by atoms with Crippen LogP contribution in [0.15, 0.2) is 4.52 Å². The van der Waals surface area contributed by atoms with E-state index >= 15 is 0 Å². The summed E-state index contributed by atoms with van der Waals surface area (Å²) in [7, 11) is 0. The molecule has 2 rings (SSSR count). The zero-order valence-corrected chi connectivity index (χ0v) is 12.4. The van der Waals surface area contributed by atoms with Crippen LogP contribution in [-0.4, -0.2) is 53.0 Å². The maximum Gasteiger partial charge on any atom is 0.293 e. The molecule has 1 aromatic rings. The van der Waals surface area contributed by atoms with Crippen LogP contribution >= 0.6 is 0 Å². The molecule has 8 heteroatoms. The van der Waals surface area contributed by atoms with Gasteiger partial charge in [-0.1, -0.05) is 5.16 Å². The molecule has 1 aliphatic rings. The number of nitrogens with zero attached hydrogens (tertiary/aromatic N) is 3. The molecule has 2 N–H and O–H groups in total. The highest BCUT2D eigenvalue weighted by Crippen LogP contribution is 2.20. The minimum absolute atomic E-state index is 0.0244. The zero-order chi connectivity index (χ0) is 15.2. The number of nitrogens with one attached hydrogen (secondary N) is 2. The Morgan fingerprint density at radius 2 is 2.19 bits per heavy atom. The summed E-state index contributed by atoms with van der Waals surface area (Å²) in [6.45, 7) is 5.86. The highest BCUT2D eigenvalue weighted by molar-refractivity contribution is 5.93. The minimum atomic E-state index is -0.497. The number of rotatable bonds is 6. The van der Waals surface area contributed by atoms with Crippen molar-refractivity contribution in [3.63, 3.8) is 0 Å². The van der Waals surface area contributed by atoms with Gasteiger partial charge in [0, 0.05) is 13.1 Å². The minimum Gasteiger partial charge on any atom is -0.342 e. The Bertz CT molecular complexity index is 492. The first kappa shape index (κ1) is 15.4. The van der Waals surface area contributed by atoms with Gasteiger partial charge in [0.1, 0.15) is 0 Å². The van der Waals surface area contributed by atoms with Crippen LogP contribution in [0, 0.1) is 0 Å². The van der Waals surface area contributed by atoms with Gasteiger partial charge < -0.3 is 20.1 Å². The molecule has 0 saturated carbocycles. The fraction of sp³-hybridized carbons (Fsp3) is 0.692. The van der Waals surface area contributed by atoms with E-state index < -0.39 is 5.91 Å². The van der Waals surface area contributed by atoms with Gasteiger partial charge in [-0.15, -0.1) is 0 Å². The fourth-order valence-electron chi connectivity index (χ4n) is 2.29. The molecule has 2 heterocycles. The van der Waals surface area contributed by atoms with E-state index in [1.165, 1.54) is 0 Å². The van der Waals surface area contributed by atoms with Gasteiger partial charge in [0.25, 0.3) is 11.7 Å². The summed E-state index contributed by atoms with van der Waals surface area (Å²) < 4.78 is 5.09. The lowest BCUT2D eigenvalue weighted by Gasteiger charge is -2.18. The van der Waals surface area contributed by atoms with Gasteiger partial charge in [0.05, 0.1) is 12.6 Å². The smallest absolute Gasteiger partial charge is 0.293 e. The molecule has 0 spiro atoms. The summed E-state index contributed by atoms with van der Waals surface area (Å²) in [6, 6.07) is 0.0244. The van der Waals surface area contributed by atoms with Crippen molar-refractivity contribution in [3.05, 3.63) is 11.7 Å². The SMILES string of the molecule is CCN(CC)C(=O)CNC(=O)c1noc(C2CCCN2)n1. The molecule has 0 bridgehead atoms. The maximum absolute atomic E-state index is 11.9. The van der Waals surface area contributed by atoms with Crippen molar-refractivity contribution in [2.24, 2.45) is 0 Å². The molecule has 1 fully saturated rings. The predicted molar refractivity (Wildman–Crippen MR) is 74.5 cm³/mol. The number of hydrogen-bond acceptors (Lipinski definition) is 6. The molecule has 116 valence electrons. The van der Waals surface area contributed by atoms with Gasteiger partial charge in [-0.2, -0.15) is 4.98 Å². The second-order valence-corrected chi connectivity index (χ2v) is 4.85. The Morgan fingerprint density at radius 1 is 1.43 bits per heavy atom. The van der Waals surface area contributed by atoms with Crippen LogP contribution < -0.4 is 10.6 Å². The van der Waals surface area contributed by atoms with Crippen LogP contribution in [-0.2, 0) is 4.79 Å². The van der Waals surface area contributed by atoms with Gasteiger partial charge >= 0.3 is 0 Å². The summed E-state index contributed by atoms with van der Waals surface area (Å²) in [5.41, 5.74) is 0. The fourth-order valence-corrected chi connectivity index (χ4v) is 2.29. The van der Waals surface area contributed by atoms with Crippen LogP contribution in [0.25, 0.3) is 0 Å². The van der Waals surface area contributed by atoms with Gasteiger partial charge in [-0.05, 0) is 33.2 Å². The third-order valence-electron chi connectivity index (χ3n) is 3.52. The van der Waals surface area contributed by atoms with Crippen molar-refractivity contribution in [2.75, 3.05) is 26.2 Å². The second-order valence-electron chi connectivity index (χ2n) is 4.85. The van der Waals surface area contributed by atoms with Crippen LogP contribution in [0.4, 0.5) is 0 Å². The lowest BCUT2D eigenvalue weighted by Crippen LogP contribution is -2.40. The second kappa shape index (κ2) is 7.16. The summed E-state index contributed by atoms with van der Waals surface area (Å²) in [4.78, 5) is 29.4. The number of amides is 2. The van der Waals surface area contributed by atoms with Gasteiger partial charge in [-0.25, -0.2) is 0 Å². The average Bonchev–Trinajstić information content (AvgIpc) is 3.16. The molecule has 1 aliphatic heterocycles. The van der Waals surface area contributed by atoms with E-state index in [4.69, 9.17) is 4.52 Å². The zero-order valence-electron chi connectivity index (χ0n) is 12.4. The first-order valence-electron chi connectivity index (χ1n) is 7.28. The van der Waals surface area contributed by atoms with Crippen LogP contribution in [0.5, 0.6) is 0 Å². The van der Waals surface area contributed by atoms with Crippen molar-refractivity contribution in [3.8, 4) is 0 Å². The van der Waals surface area contributed by atoms with Crippen LogP contribution in [0.2, 0.25) is 0 Å². The number of likely N-dealkylation sites (N-methyl/N-ethyl adjacent to an activating group) is 1. The molecular weight excluding hydrogens is 274 g/mol. The lowest BCUT2D eigenvalue weighted by molar-refractivity contribution is -0.129. The van der Waals surface area contributed by atoms with Crippen molar-refractivity contribution in [1.29, 1.82) is 0 Å². The Labute approximate surface area is 123 Å². The molecule has 0 aliphatic carbocycles. The van der Waals surface area contributed by atoms with E-state index in [1.54, 1.807) is 4.90 Å². The van der Waals surface area contributed by atoms with E-state index in [9.17, 15) is 9.59 Å². The topological polar surface area (TPSA) is 100 Å². The highest BCUT2D eigenvalue weighted by atomic mass is 16.5. The van der Waals surface area contributed by atoms with E-state index in [0.717, 1.165) is 19.4 Å². The monoisotopic (exact) mass is 295 g/mol. The quantitative estimate of drug-likeness (QED) is 0.771. The summed E-state index contributed by atoms with van der Waals surface area (Å²) in [5.74, 6) is -0.239. The number of carbonyl (C=O) groups is 2. The molecule has 21 heavy (non-hydrogen) atoms. The Morgan fingerprint density at radius 3 is 2.81 bits per heavy atom. The summed E-state index contributed by atoms with van der Waals surface area (Å²) in [6.07, 6.45) is 1.97. The maximum atomic E-state index is 11.9. The van der Waals surface area contributed by atoms with Gasteiger partial charge in [-0.3, -0.25) is 9.59 Å².